The van der Waals surface area contributed by atoms with Gasteiger partial charge in [0.15, 0.2) is 0 Å². The fourth-order valence-electron chi connectivity index (χ4n) is 2.36. The molecule has 0 aromatic heterocycles. The fraction of sp³-hybridized carbons (Fsp3) is 0.733. The van der Waals surface area contributed by atoms with Gasteiger partial charge in [-0.1, -0.05) is 6.08 Å². The summed E-state index contributed by atoms with van der Waals surface area (Å²) in [5, 5.41) is 0. The molecule has 1 aliphatic rings. The van der Waals surface area contributed by atoms with Gasteiger partial charge in [-0.2, -0.15) is 0 Å². The molecule has 0 unspecified atom stereocenters. The average molecular weight is 282 g/mol. The number of hydrogen-bond acceptors (Lipinski definition) is 3. The largest absolute Gasteiger partial charge is 0.444 e. The Balaban J connectivity index is 2.52. The SMILES string of the molecule is C=CCN(C(C)=O)C1CCN(C(=O)OC(C)(C)C)CC1. The predicted molar refractivity (Wildman–Crippen MR) is 78.4 cm³/mol. The van der Waals surface area contributed by atoms with Gasteiger partial charge in [-0.3, -0.25) is 4.79 Å². The van der Waals surface area contributed by atoms with Crippen LogP contribution in [0.4, 0.5) is 4.79 Å². The topological polar surface area (TPSA) is 49.9 Å². The number of ether oxygens (including phenoxy) is 1. The summed E-state index contributed by atoms with van der Waals surface area (Å²) < 4.78 is 5.36. The van der Waals surface area contributed by atoms with E-state index < -0.39 is 5.60 Å². The van der Waals surface area contributed by atoms with Crippen molar-refractivity contribution in [3.05, 3.63) is 12.7 Å². The van der Waals surface area contributed by atoms with Crippen LogP contribution < -0.4 is 0 Å². The van der Waals surface area contributed by atoms with E-state index in [-0.39, 0.29) is 18.0 Å². The Morgan fingerprint density at radius 2 is 1.90 bits per heavy atom. The fourth-order valence-corrected chi connectivity index (χ4v) is 2.36. The first-order chi connectivity index (χ1) is 9.24. The number of carbonyl (C=O) groups excluding carboxylic acids is 2. The Kier molecular flexibility index (Phi) is 5.60. The summed E-state index contributed by atoms with van der Waals surface area (Å²) in [7, 11) is 0. The van der Waals surface area contributed by atoms with Crippen molar-refractivity contribution >= 4 is 12.0 Å². The van der Waals surface area contributed by atoms with Crippen molar-refractivity contribution < 1.29 is 14.3 Å². The molecule has 0 N–H and O–H groups in total. The lowest BCUT2D eigenvalue weighted by Crippen LogP contribution is -2.49. The Labute approximate surface area is 121 Å². The lowest BCUT2D eigenvalue weighted by Gasteiger charge is -2.38. The molecule has 1 rings (SSSR count). The highest BCUT2D eigenvalue weighted by atomic mass is 16.6. The molecule has 0 aliphatic carbocycles. The maximum Gasteiger partial charge on any atom is 0.410 e. The van der Waals surface area contributed by atoms with E-state index >= 15 is 0 Å². The first kappa shape index (κ1) is 16.5. The van der Waals surface area contributed by atoms with E-state index in [9.17, 15) is 9.59 Å². The number of carbonyl (C=O) groups is 2. The van der Waals surface area contributed by atoms with Gasteiger partial charge in [0.2, 0.25) is 5.91 Å². The third kappa shape index (κ3) is 4.87. The van der Waals surface area contributed by atoms with Crippen molar-refractivity contribution in [3.8, 4) is 0 Å². The maximum atomic E-state index is 12.0. The van der Waals surface area contributed by atoms with Gasteiger partial charge in [0.05, 0.1) is 0 Å². The highest BCUT2D eigenvalue weighted by molar-refractivity contribution is 5.74. The van der Waals surface area contributed by atoms with Crippen molar-refractivity contribution in [2.45, 2.75) is 52.2 Å². The third-order valence-corrected chi connectivity index (χ3v) is 3.29. The van der Waals surface area contributed by atoms with Crippen LogP contribution in [0.15, 0.2) is 12.7 Å². The van der Waals surface area contributed by atoms with Gasteiger partial charge in [-0.15, -0.1) is 6.58 Å². The van der Waals surface area contributed by atoms with Crippen LogP contribution in [-0.4, -0.2) is 53.1 Å². The van der Waals surface area contributed by atoms with Crippen molar-refractivity contribution in [2.75, 3.05) is 19.6 Å². The Morgan fingerprint density at radius 1 is 1.35 bits per heavy atom. The summed E-state index contributed by atoms with van der Waals surface area (Å²) in [5.74, 6) is 0.0561. The molecule has 0 atom stereocenters. The monoisotopic (exact) mass is 282 g/mol. The second-order valence-electron chi connectivity index (χ2n) is 6.16. The molecule has 0 bridgehead atoms. The van der Waals surface area contributed by atoms with Gasteiger partial charge < -0.3 is 14.5 Å². The Morgan fingerprint density at radius 3 is 2.30 bits per heavy atom. The molecule has 5 heteroatoms. The van der Waals surface area contributed by atoms with Gasteiger partial charge in [0.1, 0.15) is 5.60 Å². The molecule has 1 aliphatic heterocycles. The van der Waals surface area contributed by atoms with Crippen LogP contribution in [0.2, 0.25) is 0 Å². The summed E-state index contributed by atoms with van der Waals surface area (Å²) in [4.78, 5) is 27.1. The second-order valence-corrected chi connectivity index (χ2v) is 6.16. The molecule has 1 heterocycles. The van der Waals surface area contributed by atoms with Crippen molar-refractivity contribution in [1.29, 1.82) is 0 Å². The van der Waals surface area contributed by atoms with Crippen LogP contribution in [0, 0.1) is 0 Å². The van der Waals surface area contributed by atoms with E-state index in [1.54, 1.807) is 17.9 Å². The molecular formula is C15H26N2O3. The van der Waals surface area contributed by atoms with Gasteiger partial charge in [-0.05, 0) is 33.6 Å². The molecular weight excluding hydrogens is 256 g/mol. The van der Waals surface area contributed by atoms with Crippen molar-refractivity contribution in [1.82, 2.24) is 9.80 Å². The highest BCUT2D eigenvalue weighted by Crippen LogP contribution is 2.19. The predicted octanol–water partition coefficient (Wildman–Crippen LogP) is 2.42. The summed E-state index contributed by atoms with van der Waals surface area (Å²) in [6.07, 6.45) is 3.04. The van der Waals surface area contributed by atoms with Gasteiger partial charge in [-0.25, -0.2) is 4.79 Å². The summed E-state index contributed by atoms with van der Waals surface area (Å²) in [6.45, 7) is 12.6. The second kappa shape index (κ2) is 6.77. The minimum absolute atomic E-state index is 0.0561. The summed E-state index contributed by atoms with van der Waals surface area (Å²) in [5.41, 5.74) is -0.470. The standard InChI is InChI=1S/C15H26N2O3/c1-6-9-17(12(2)18)13-7-10-16(11-8-13)14(19)20-15(3,4)5/h6,13H,1,7-11H2,2-5H3. The Bertz CT molecular complexity index is 366. The molecule has 0 aromatic carbocycles. The van der Waals surface area contributed by atoms with E-state index in [4.69, 9.17) is 4.74 Å². The Hall–Kier alpha value is -1.52. The van der Waals surface area contributed by atoms with Gasteiger partial charge in [0.25, 0.3) is 0 Å². The number of rotatable bonds is 3. The van der Waals surface area contributed by atoms with Crippen LogP contribution in [-0.2, 0) is 9.53 Å². The third-order valence-electron chi connectivity index (χ3n) is 3.29. The molecule has 0 aromatic rings. The molecule has 114 valence electrons. The number of hydrogen-bond donors (Lipinski definition) is 0. The number of amides is 2. The molecule has 2 amide bonds. The molecule has 0 radical (unpaired) electrons. The van der Waals surface area contributed by atoms with Crippen LogP contribution in [0.5, 0.6) is 0 Å². The van der Waals surface area contributed by atoms with Crippen LogP contribution >= 0.6 is 0 Å². The number of nitrogens with zero attached hydrogens (tertiary/aromatic N) is 2. The lowest BCUT2D eigenvalue weighted by molar-refractivity contribution is -0.131. The highest BCUT2D eigenvalue weighted by Gasteiger charge is 2.29. The van der Waals surface area contributed by atoms with E-state index in [1.165, 1.54) is 0 Å². The minimum atomic E-state index is -0.470. The average Bonchev–Trinajstić information content (AvgIpc) is 2.33. The molecule has 5 nitrogen and oxygen atoms in total. The van der Waals surface area contributed by atoms with Crippen LogP contribution in [0.3, 0.4) is 0 Å². The zero-order valence-corrected chi connectivity index (χ0v) is 13.0. The lowest BCUT2D eigenvalue weighted by atomic mass is 10.0. The smallest absolute Gasteiger partial charge is 0.410 e. The first-order valence-corrected chi connectivity index (χ1v) is 7.10. The first-order valence-electron chi connectivity index (χ1n) is 7.10. The maximum absolute atomic E-state index is 12.0. The van der Waals surface area contributed by atoms with E-state index in [0.717, 1.165) is 12.8 Å². The van der Waals surface area contributed by atoms with E-state index in [0.29, 0.717) is 19.6 Å². The quantitative estimate of drug-likeness (QED) is 0.747. The normalized spacial score (nSPS) is 16.7. The summed E-state index contributed by atoms with van der Waals surface area (Å²) >= 11 is 0. The molecule has 20 heavy (non-hydrogen) atoms. The van der Waals surface area contributed by atoms with E-state index in [1.807, 2.05) is 25.7 Å². The molecule has 1 saturated heterocycles. The minimum Gasteiger partial charge on any atom is -0.444 e. The zero-order chi connectivity index (χ0) is 15.3. The molecule has 0 saturated carbocycles. The van der Waals surface area contributed by atoms with Crippen LogP contribution in [0.1, 0.15) is 40.5 Å². The van der Waals surface area contributed by atoms with E-state index in [2.05, 4.69) is 6.58 Å². The van der Waals surface area contributed by atoms with Gasteiger partial charge in [0, 0.05) is 32.6 Å². The number of likely N-dealkylation sites (tertiary alicyclic amines) is 1. The van der Waals surface area contributed by atoms with Gasteiger partial charge >= 0.3 is 6.09 Å². The molecule has 1 fully saturated rings. The summed E-state index contributed by atoms with van der Waals surface area (Å²) in [6, 6.07) is 0.184. The zero-order valence-electron chi connectivity index (χ0n) is 13.0. The molecule has 0 spiro atoms. The number of piperidine rings is 1. The van der Waals surface area contributed by atoms with Crippen LogP contribution in [0.25, 0.3) is 0 Å². The van der Waals surface area contributed by atoms with Crippen molar-refractivity contribution in [3.63, 3.8) is 0 Å². The van der Waals surface area contributed by atoms with Crippen molar-refractivity contribution in [2.24, 2.45) is 0 Å².